The minimum absolute atomic E-state index is 0.132. The van der Waals surface area contributed by atoms with Crippen LogP contribution in [0.15, 0.2) is 23.3 Å². The molecule has 0 aromatic carbocycles. The van der Waals surface area contributed by atoms with Gasteiger partial charge in [-0.1, -0.05) is 6.07 Å². The van der Waals surface area contributed by atoms with Crippen molar-refractivity contribution in [1.29, 1.82) is 0 Å². The Morgan fingerprint density at radius 3 is 2.83 bits per heavy atom. The largest absolute Gasteiger partial charge is 0.481 e. The molecule has 0 radical (unpaired) electrons. The lowest BCUT2D eigenvalue weighted by atomic mass is 10.3. The fourth-order valence-electron chi connectivity index (χ4n) is 1.39. The van der Waals surface area contributed by atoms with Gasteiger partial charge < -0.3 is 20.5 Å². The first-order valence-corrected chi connectivity index (χ1v) is 5.70. The van der Waals surface area contributed by atoms with E-state index < -0.39 is 0 Å². The van der Waals surface area contributed by atoms with E-state index in [9.17, 15) is 0 Å². The number of pyridine rings is 1. The molecule has 18 heavy (non-hydrogen) atoms. The highest BCUT2D eigenvalue weighted by molar-refractivity contribution is 5.78. The van der Waals surface area contributed by atoms with Crippen molar-refractivity contribution in [2.75, 3.05) is 20.8 Å². The van der Waals surface area contributed by atoms with Crippen LogP contribution in [-0.4, -0.2) is 37.8 Å². The van der Waals surface area contributed by atoms with Gasteiger partial charge in [-0.3, -0.25) is 0 Å². The summed E-state index contributed by atoms with van der Waals surface area (Å²) in [5.41, 5.74) is 6.72. The van der Waals surface area contributed by atoms with Crippen molar-refractivity contribution in [2.45, 2.75) is 19.5 Å². The number of nitrogens with zero attached hydrogens (tertiary/aromatic N) is 2. The number of rotatable bonds is 6. The Morgan fingerprint density at radius 2 is 2.28 bits per heavy atom. The lowest BCUT2D eigenvalue weighted by Gasteiger charge is -2.12. The third-order valence-corrected chi connectivity index (χ3v) is 2.25. The SMILES string of the molecule is COCC(C)NC(N)=NCc1ccc(OC)nc1. The molecule has 0 aliphatic heterocycles. The Labute approximate surface area is 107 Å². The van der Waals surface area contributed by atoms with Crippen molar-refractivity contribution in [1.82, 2.24) is 10.3 Å². The van der Waals surface area contributed by atoms with Crippen LogP contribution in [0.1, 0.15) is 12.5 Å². The average molecular weight is 252 g/mol. The summed E-state index contributed by atoms with van der Waals surface area (Å²) in [6.45, 7) is 3.04. The van der Waals surface area contributed by atoms with Gasteiger partial charge in [0.05, 0.1) is 20.3 Å². The molecule has 0 aliphatic carbocycles. The quantitative estimate of drug-likeness (QED) is 0.570. The molecule has 0 saturated heterocycles. The summed E-state index contributed by atoms with van der Waals surface area (Å²) in [7, 11) is 3.23. The van der Waals surface area contributed by atoms with E-state index in [1.54, 1.807) is 26.5 Å². The third-order valence-electron chi connectivity index (χ3n) is 2.25. The van der Waals surface area contributed by atoms with Crippen molar-refractivity contribution in [3.05, 3.63) is 23.9 Å². The third kappa shape index (κ3) is 5.01. The van der Waals surface area contributed by atoms with E-state index in [2.05, 4.69) is 15.3 Å². The molecule has 100 valence electrons. The van der Waals surface area contributed by atoms with Crippen LogP contribution in [0.5, 0.6) is 5.88 Å². The van der Waals surface area contributed by atoms with Gasteiger partial charge in [0, 0.05) is 25.4 Å². The molecule has 6 heteroatoms. The summed E-state index contributed by atoms with van der Waals surface area (Å²) in [5.74, 6) is 0.984. The molecule has 1 unspecified atom stereocenters. The summed E-state index contributed by atoms with van der Waals surface area (Å²) < 4.78 is 9.97. The summed E-state index contributed by atoms with van der Waals surface area (Å²) >= 11 is 0. The van der Waals surface area contributed by atoms with Crippen molar-refractivity contribution in [2.24, 2.45) is 10.7 Å². The van der Waals surface area contributed by atoms with E-state index in [0.29, 0.717) is 25.0 Å². The van der Waals surface area contributed by atoms with Crippen LogP contribution in [0.2, 0.25) is 0 Å². The number of aliphatic imine (C=N–C) groups is 1. The van der Waals surface area contributed by atoms with Gasteiger partial charge in [0.2, 0.25) is 5.88 Å². The Hall–Kier alpha value is -1.82. The lowest BCUT2D eigenvalue weighted by Crippen LogP contribution is -2.40. The molecule has 0 bridgehead atoms. The number of guanidine groups is 1. The zero-order valence-electron chi connectivity index (χ0n) is 11.0. The highest BCUT2D eigenvalue weighted by Crippen LogP contribution is 2.07. The molecular weight excluding hydrogens is 232 g/mol. The van der Waals surface area contributed by atoms with E-state index in [4.69, 9.17) is 15.2 Å². The zero-order chi connectivity index (χ0) is 13.4. The Balaban J connectivity index is 2.46. The van der Waals surface area contributed by atoms with Gasteiger partial charge in [0.15, 0.2) is 5.96 Å². The summed E-state index contributed by atoms with van der Waals surface area (Å²) in [5, 5.41) is 3.03. The average Bonchev–Trinajstić information content (AvgIpc) is 2.37. The molecule has 1 heterocycles. The van der Waals surface area contributed by atoms with Crippen molar-refractivity contribution in [3.63, 3.8) is 0 Å². The number of hydrogen-bond donors (Lipinski definition) is 2. The molecule has 0 fully saturated rings. The van der Waals surface area contributed by atoms with Crippen LogP contribution >= 0.6 is 0 Å². The molecule has 1 rings (SSSR count). The highest BCUT2D eigenvalue weighted by Gasteiger charge is 2.01. The minimum atomic E-state index is 0.132. The molecular formula is C12H20N4O2. The van der Waals surface area contributed by atoms with Gasteiger partial charge in [0.25, 0.3) is 0 Å². The fraction of sp³-hybridized carbons (Fsp3) is 0.500. The predicted octanol–water partition coefficient (Wildman–Crippen LogP) is 0.529. The Morgan fingerprint density at radius 1 is 1.50 bits per heavy atom. The number of nitrogens with two attached hydrogens (primary N) is 1. The molecule has 1 atom stereocenters. The standard InChI is InChI=1S/C12H20N4O2/c1-9(8-17-2)16-12(13)15-7-10-4-5-11(18-3)14-6-10/h4-6,9H,7-8H2,1-3H3,(H3,13,15,16). The first-order valence-electron chi connectivity index (χ1n) is 5.70. The molecule has 0 saturated carbocycles. The second kappa shape index (κ2) is 7.50. The zero-order valence-corrected chi connectivity index (χ0v) is 11.0. The molecule has 3 N–H and O–H groups in total. The van der Waals surface area contributed by atoms with Gasteiger partial charge in [-0.05, 0) is 12.5 Å². The van der Waals surface area contributed by atoms with Crippen LogP contribution in [0.4, 0.5) is 0 Å². The summed E-state index contributed by atoms with van der Waals surface area (Å²) in [4.78, 5) is 8.31. The monoisotopic (exact) mass is 252 g/mol. The first kappa shape index (κ1) is 14.2. The van der Waals surface area contributed by atoms with Gasteiger partial charge in [-0.25, -0.2) is 9.98 Å². The van der Waals surface area contributed by atoms with Crippen molar-refractivity contribution < 1.29 is 9.47 Å². The summed E-state index contributed by atoms with van der Waals surface area (Å²) in [6.07, 6.45) is 1.72. The van der Waals surface area contributed by atoms with E-state index in [1.165, 1.54) is 0 Å². The molecule has 1 aromatic rings. The predicted molar refractivity (Wildman–Crippen MR) is 70.6 cm³/mol. The Bertz CT molecular complexity index is 378. The Kier molecular flexibility index (Phi) is 5.93. The van der Waals surface area contributed by atoms with Crippen LogP contribution in [0.25, 0.3) is 0 Å². The van der Waals surface area contributed by atoms with Crippen molar-refractivity contribution >= 4 is 5.96 Å². The molecule has 1 aromatic heterocycles. The van der Waals surface area contributed by atoms with Crippen LogP contribution in [0, 0.1) is 0 Å². The van der Waals surface area contributed by atoms with Gasteiger partial charge >= 0.3 is 0 Å². The first-order chi connectivity index (χ1) is 8.65. The highest BCUT2D eigenvalue weighted by atomic mass is 16.5. The maximum absolute atomic E-state index is 5.75. The lowest BCUT2D eigenvalue weighted by molar-refractivity contribution is 0.179. The topological polar surface area (TPSA) is 81.8 Å². The number of nitrogens with one attached hydrogen (secondary N) is 1. The van der Waals surface area contributed by atoms with E-state index >= 15 is 0 Å². The number of methoxy groups -OCH3 is 2. The molecule has 0 aliphatic rings. The van der Waals surface area contributed by atoms with Crippen LogP contribution in [-0.2, 0) is 11.3 Å². The number of aromatic nitrogens is 1. The minimum Gasteiger partial charge on any atom is -0.481 e. The van der Waals surface area contributed by atoms with E-state index in [0.717, 1.165) is 5.56 Å². The second-order valence-corrected chi connectivity index (χ2v) is 3.91. The molecule has 6 nitrogen and oxygen atoms in total. The maximum atomic E-state index is 5.75. The second-order valence-electron chi connectivity index (χ2n) is 3.91. The van der Waals surface area contributed by atoms with E-state index in [1.807, 2.05) is 13.0 Å². The van der Waals surface area contributed by atoms with Crippen molar-refractivity contribution in [3.8, 4) is 5.88 Å². The van der Waals surface area contributed by atoms with Gasteiger partial charge in [-0.2, -0.15) is 0 Å². The normalized spacial score (nSPS) is 13.2. The maximum Gasteiger partial charge on any atom is 0.212 e. The molecule has 0 amide bonds. The van der Waals surface area contributed by atoms with Gasteiger partial charge in [-0.15, -0.1) is 0 Å². The van der Waals surface area contributed by atoms with Gasteiger partial charge in [0.1, 0.15) is 0 Å². The summed E-state index contributed by atoms with van der Waals surface area (Å²) in [6, 6.07) is 3.83. The van der Waals surface area contributed by atoms with Crippen LogP contribution in [0.3, 0.4) is 0 Å². The number of ether oxygens (including phenoxy) is 2. The fourth-order valence-corrected chi connectivity index (χ4v) is 1.39. The van der Waals surface area contributed by atoms with E-state index in [-0.39, 0.29) is 6.04 Å². The smallest absolute Gasteiger partial charge is 0.212 e. The molecule has 0 spiro atoms. The number of hydrogen-bond acceptors (Lipinski definition) is 4. The van der Waals surface area contributed by atoms with Crippen LogP contribution < -0.4 is 15.8 Å².